The van der Waals surface area contributed by atoms with Crippen LogP contribution in [0.5, 0.6) is 5.75 Å². The van der Waals surface area contributed by atoms with Gasteiger partial charge in [-0.05, 0) is 42.5 Å². The van der Waals surface area contributed by atoms with Gasteiger partial charge >= 0.3 is 0 Å². The maximum absolute atomic E-state index is 13.8. The van der Waals surface area contributed by atoms with Crippen molar-refractivity contribution in [3.8, 4) is 17.1 Å². The number of aromatic nitrogens is 4. The van der Waals surface area contributed by atoms with Gasteiger partial charge in [-0.15, -0.1) is 5.10 Å². The minimum Gasteiger partial charge on any atom is -0.490 e. The number of nitro benzene ring substituents is 2. The summed E-state index contributed by atoms with van der Waals surface area (Å²) < 4.78 is 24.7. The van der Waals surface area contributed by atoms with Crippen molar-refractivity contribution in [2.24, 2.45) is 0 Å². The van der Waals surface area contributed by atoms with E-state index in [0.717, 1.165) is 6.07 Å². The fraction of sp³-hybridized carbons (Fsp3) is 0.275. The van der Waals surface area contributed by atoms with Crippen molar-refractivity contribution >= 4 is 45.6 Å². The lowest BCUT2D eigenvalue weighted by Crippen LogP contribution is -2.52. The molecule has 0 aliphatic carbocycles. The number of hydrogen-bond donors (Lipinski definition) is 2. The molecule has 1 saturated heterocycles. The molecule has 60 heavy (non-hydrogen) atoms. The van der Waals surface area contributed by atoms with Gasteiger partial charge in [-0.2, -0.15) is 0 Å². The number of amides is 2. The first-order valence-corrected chi connectivity index (χ1v) is 18.9. The number of nitrogens with zero attached hydrogens (tertiary/aromatic N) is 7. The van der Waals surface area contributed by atoms with Gasteiger partial charge in [0.05, 0.1) is 77.8 Å². The molecule has 0 bridgehead atoms. The van der Waals surface area contributed by atoms with Gasteiger partial charge in [-0.25, -0.2) is 4.68 Å². The highest BCUT2D eigenvalue weighted by Crippen LogP contribution is 2.37. The Hall–Kier alpha value is -7.45. The highest BCUT2D eigenvalue weighted by atomic mass is 16.6. The molecule has 0 radical (unpaired) electrons. The number of rotatable bonds is 19. The number of benzene rings is 3. The molecule has 2 N–H and O–H groups in total. The van der Waals surface area contributed by atoms with Crippen LogP contribution in [0.25, 0.3) is 22.2 Å². The predicted octanol–water partition coefficient (Wildman–Crippen LogP) is 4.73. The largest absolute Gasteiger partial charge is 0.490 e. The molecule has 3 aromatic heterocycles. The number of carbonyl (C=O) groups excluding carboxylic acids is 3. The third-order valence-corrected chi connectivity index (χ3v) is 9.63. The number of nitro groups is 2. The first-order chi connectivity index (χ1) is 29.2. The number of carbonyl (C=O) groups is 3. The number of non-ortho nitro benzene ring substituents is 1. The van der Waals surface area contributed by atoms with Gasteiger partial charge in [-0.3, -0.25) is 34.6 Å². The summed E-state index contributed by atoms with van der Waals surface area (Å²) in [5.74, 6) is -0.560. The molecule has 6 aromatic rings. The van der Waals surface area contributed by atoms with Gasteiger partial charge < -0.3 is 38.7 Å². The highest BCUT2D eigenvalue weighted by Gasteiger charge is 2.31. The Balaban J connectivity index is 0.885. The average Bonchev–Trinajstić information content (AvgIpc) is 4.07. The first-order valence-electron chi connectivity index (χ1n) is 18.9. The average molecular weight is 822 g/mol. The van der Waals surface area contributed by atoms with Crippen LogP contribution in [0.15, 0.2) is 95.9 Å². The number of H-pyrrole nitrogens is 1. The van der Waals surface area contributed by atoms with Crippen molar-refractivity contribution < 1.29 is 42.9 Å². The van der Waals surface area contributed by atoms with Crippen LogP contribution in [0.2, 0.25) is 0 Å². The second kappa shape index (κ2) is 18.9. The van der Waals surface area contributed by atoms with E-state index in [4.69, 9.17) is 18.6 Å². The Bertz CT molecular complexity index is 2480. The summed E-state index contributed by atoms with van der Waals surface area (Å²) in [5.41, 5.74) is 1.87. The number of anilines is 1. The molecule has 7 rings (SSSR count). The quantitative estimate of drug-likeness (QED) is 0.0369. The summed E-state index contributed by atoms with van der Waals surface area (Å²) in [5, 5.41) is 33.7. The van der Waals surface area contributed by atoms with Crippen LogP contribution in [-0.4, -0.2) is 116 Å². The fourth-order valence-corrected chi connectivity index (χ4v) is 6.64. The number of nitrogens with one attached hydrogen (secondary N) is 2. The lowest BCUT2D eigenvalue weighted by atomic mass is 10.0. The van der Waals surface area contributed by atoms with E-state index in [1.807, 2.05) is 6.07 Å². The van der Waals surface area contributed by atoms with E-state index >= 15 is 0 Å². The third-order valence-electron chi connectivity index (χ3n) is 9.63. The van der Waals surface area contributed by atoms with Crippen molar-refractivity contribution in [1.82, 2.24) is 29.8 Å². The van der Waals surface area contributed by atoms with Crippen molar-refractivity contribution in [3.63, 3.8) is 0 Å². The van der Waals surface area contributed by atoms with Gasteiger partial charge in [0.2, 0.25) is 0 Å². The Labute approximate surface area is 340 Å². The Morgan fingerprint density at radius 2 is 1.67 bits per heavy atom. The van der Waals surface area contributed by atoms with Crippen molar-refractivity contribution in [2.45, 2.75) is 13.2 Å². The fourth-order valence-electron chi connectivity index (χ4n) is 6.64. The van der Waals surface area contributed by atoms with E-state index in [-0.39, 0.29) is 75.5 Å². The minimum absolute atomic E-state index is 0.124. The van der Waals surface area contributed by atoms with Crippen LogP contribution in [0.3, 0.4) is 0 Å². The van der Waals surface area contributed by atoms with Crippen molar-refractivity contribution in [2.75, 3.05) is 64.5 Å². The highest BCUT2D eigenvalue weighted by molar-refractivity contribution is 6.45. The number of piperazine rings is 1. The number of furan rings is 1. The van der Waals surface area contributed by atoms with Crippen LogP contribution in [0.4, 0.5) is 17.1 Å². The molecular formula is C40H39N9O11. The summed E-state index contributed by atoms with van der Waals surface area (Å²) in [6.45, 7) is 2.54. The molecule has 20 heteroatoms. The molecular weight excluding hydrogens is 782 g/mol. The normalized spacial score (nSPS) is 12.7. The van der Waals surface area contributed by atoms with Crippen molar-refractivity contribution in [1.29, 1.82) is 0 Å². The van der Waals surface area contributed by atoms with Gasteiger partial charge in [0, 0.05) is 56.1 Å². The smallest absolute Gasteiger partial charge is 0.299 e. The van der Waals surface area contributed by atoms with Crippen LogP contribution >= 0.6 is 0 Å². The molecule has 1 aliphatic heterocycles. The topological polar surface area (TPSA) is 243 Å². The Morgan fingerprint density at radius 3 is 2.42 bits per heavy atom. The van der Waals surface area contributed by atoms with E-state index < -0.39 is 27.2 Å². The SMILES string of the molecule is O=C(C(=O)N1CCN(C(=O)c2ccccc2)CC1)c1c[nH]c2c(-c3ccco3)ccc(OCCOCCn3cc(COCCNc4ccc([N+](=O)[O-])cc4[N+](=O)[O-])nn3)c12. The maximum atomic E-state index is 13.8. The third kappa shape index (κ3) is 9.46. The molecule has 2 amide bonds. The van der Waals surface area contributed by atoms with E-state index in [0.29, 0.717) is 58.9 Å². The zero-order valence-corrected chi connectivity index (χ0v) is 32.1. The predicted molar refractivity (Wildman–Crippen MR) is 213 cm³/mol. The molecule has 0 spiro atoms. The second-order valence-electron chi connectivity index (χ2n) is 13.4. The molecule has 0 saturated carbocycles. The summed E-state index contributed by atoms with van der Waals surface area (Å²) in [6, 6.07) is 19.4. The molecule has 4 heterocycles. The van der Waals surface area contributed by atoms with Crippen LogP contribution < -0.4 is 10.1 Å². The minimum atomic E-state index is -0.704. The zero-order chi connectivity index (χ0) is 42.0. The van der Waals surface area contributed by atoms with Crippen LogP contribution in [-0.2, 0) is 27.4 Å². The number of fused-ring (bicyclic) bond motifs is 1. The Kier molecular flexibility index (Phi) is 12.8. The standard InChI is InChI=1S/C40H39N9O11/c50-38(40(52)46-15-13-45(14-16-46)39(51)27-5-2-1-3-6-27)31-24-42-37-30(34-7-4-18-59-34)9-11-35(36(31)37)60-22-21-57-20-17-47-25-28(43-44-47)26-58-19-12-41-32-10-8-29(48(53)54)23-33(32)49(55)56/h1-11,18,23-25,41-42H,12-17,19-22,26H2. The van der Waals surface area contributed by atoms with Crippen LogP contribution in [0.1, 0.15) is 26.4 Å². The molecule has 3 aromatic carbocycles. The van der Waals surface area contributed by atoms with Crippen molar-refractivity contribution in [3.05, 3.63) is 129 Å². The number of aromatic amines is 1. The summed E-state index contributed by atoms with van der Waals surface area (Å²) in [4.78, 5) is 67.5. The molecule has 0 atom stereocenters. The van der Waals surface area contributed by atoms with Crippen LogP contribution in [0, 0.1) is 20.2 Å². The molecule has 20 nitrogen and oxygen atoms in total. The second-order valence-corrected chi connectivity index (χ2v) is 13.4. The molecule has 1 fully saturated rings. The number of ether oxygens (including phenoxy) is 3. The maximum Gasteiger partial charge on any atom is 0.299 e. The zero-order valence-electron chi connectivity index (χ0n) is 32.1. The molecule has 0 unspecified atom stereocenters. The molecule has 310 valence electrons. The van der Waals surface area contributed by atoms with E-state index in [1.165, 1.54) is 23.2 Å². The summed E-state index contributed by atoms with van der Waals surface area (Å²) in [6.07, 6.45) is 4.74. The van der Waals surface area contributed by atoms with Gasteiger partial charge in [-0.1, -0.05) is 23.4 Å². The first kappa shape index (κ1) is 40.7. The van der Waals surface area contributed by atoms with Gasteiger partial charge in [0.25, 0.3) is 29.0 Å². The lowest BCUT2D eigenvalue weighted by Gasteiger charge is -2.34. The van der Waals surface area contributed by atoms with Gasteiger partial charge in [0.15, 0.2) is 0 Å². The monoisotopic (exact) mass is 821 g/mol. The van der Waals surface area contributed by atoms with E-state index in [2.05, 4.69) is 20.6 Å². The number of Topliss-reactive ketones (excluding diaryl/α,β-unsaturated/α-hetero) is 1. The Morgan fingerprint density at radius 1 is 0.867 bits per heavy atom. The lowest BCUT2D eigenvalue weighted by molar-refractivity contribution is -0.393. The number of ketones is 1. The number of hydrogen-bond acceptors (Lipinski definition) is 14. The summed E-state index contributed by atoms with van der Waals surface area (Å²) in [7, 11) is 0. The molecule has 1 aliphatic rings. The van der Waals surface area contributed by atoms with Gasteiger partial charge in [0.1, 0.15) is 29.5 Å². The summed E-state index contributed by atoms with van der Waals surface area (Å²) >= 11 is 0. The van der Waals surface area contributed by atoms with E-state index in [1.54, 1.807) is 70.6 Å². The van der Waals surface area contributed by atoms with E-state index in [9.17, 15) is 34.6 Å².